The Labute approximate surface area is 113 Å². The van der Waals surface area contributed by atoms with Crippen LogP contribution in [-0.4, -0.2) is 0 Å². The van der Waals surface area contributed by atoms with Crippen LogP contribution in [0.4, 0.5) is 22.0 Å². The van der Waals surface area contributed by atoms with Gasteiger partial charge >= 0.3 is 0 Å². The van der Waals surface area contributed by atoms with Crippen molar-refractivity contribution in [3.05, 3.63) is 58.9 Å². The smallest absolute Gasteiger partial charge is 0.200 e. The summed E-state index contributed by atoms with van der Waals surface area (Å²) in [5.74, 6) is -9.68. The lowest BCUT2D eigenvalue weighted by Gasteiger charge is -2.08. The molecule has 0 radical (unpaired) electrons. The van der Waals surface area contributed by atoms with E-state index in [1.807, 2.05) is 13.8 Å². The Morgan fingerprint density at radius 3 is 1.35 bits per heavy atom. The fourth-order valence-electron chi connectivity index (χ4n) is 1.58. The molecule has 0 nitrogen and oxygen atoms in total. The summed E-state index contributed by atoms with van der Waals surface area (Å²) < 4.78 is 65.8. The molecule has 5 heteroatoms. The molecule has 0 bridgehead atoms. The van der Waals surface area contributed by atoms with Gasteiger partial charge in [-0.25, -0.2) is 22.0 Å². The second-order valence-electron chi connectivity index (χ2n) is 3.81. The van der Waals surface area contributed by atoms with E-state index in [0.29, 0.717) is 0 Å². The monoisotopic (exact) mass is 288 g/mol. The minimum absolute atomic E-state index is 0.0617. The maximum absolute atomic E-state index is 13.5. The first-order chi connectivity index (χ1) is 9.43. The highest BCUT2D eigenvalue weighted by Gasteiger charge is 2.26. The third-order valence-corrected chi connectivity index (χ3v) is 2.55. The summed E-state index contributed by atoms with van der Waals surface area (Å²) in [6.45, 7) is 5.74. The fraction of sp³-hybridized carbons (Fsp3) is 0.200. The van der Waals surface area contributed by atoms with E-state index >= 15 is 0 Å². The van der Waals surface area contributed by atoms with Crippen molar-refractivity contribution in [3.63, 3.8) is 0 Å². The first-order valence-corrected chi connectivity index (χ1v) is 6.02. The molecular weight excluding hydrogens is 275 g/mol. The van der Waals surface area contributed by atoms with Crippen LogP contribution in [0.2, 0.25) is 0 Å². The van der Waals surface area contributed by atoms with Gasteiger partial charge in [-0.3, -0.25) is 0 Å². The molecule has 0 aromatic heterocycles. The van der Waals surface area contributed by atoms with Crippen LogP contribution >= 0.6 is 0 Å². The predicted octanol–water partition coefficient (Wildman–Crippen LogP) is 5.38. The Kier molecular flexibility index (Phi) is 5.25. The van der Waals surface area contributed by atoms with Gasteiger partial charge in [-0.05, 0) is 12.5 Å². The largest absolute Gasteiger partial charge is 0.203 e. The van der Waals surface area contributed by atoms with E-state index in [-0.39, 0.29) is 5.56 Å². The molecule has 0 amide bonds. The molecular formula is C15H13F5. The zero-order valence-electron chi connectivity index (χ0n) is 11.2. The van der Waals surface area contributed by atoms with Gasteiger partial charge in [0.05, 0.1) is 5.56 Å². The van der Waals surface area contributed by atoms with Crippen LogP contribution in [0.15, 0.2) is 24.3 Å². The SMILES string of the molecule is CC.Cc1ccc(-c2c(F)c(F)c(F)c(F)c2F)cc1. The zero-order valence-corrected chi connectivity index (χ0v) is 11.2. The first kappa shape index (κ1) is 16.1. The molecule has 0 aliphatic carbocycles. The summed E-state index contributed by atoms with van der Waals surface area (Å²) in [7, 11) is 0. The van der Waals surface area contributed by atoms with Gasteiger partial charge in [0.2, 0.25) is 5.82 Å². The van der Waals surface area contributed by atoms with Crippen LogP contribution in [0, 0.1) is 36.0 Å². The molecule has 2 rings (SSSR count). The van der Waals surface area contributed by atoms with E-state index in [2.05, 4.69) is 0 Å². The average molecular weight is 288 g/mol. The van der Waals surface area contributed by atoms with E-state index in [0.717, 1.165) is 5.56 Å². The van der Waals surface area contributed by atoms with Crippen LogP contribution < -0.4 is 0 Å². The summed E-state index contributed by atoms with van der Waals surface area (Å²) in [6.07, 6.45) is 0. The highest BCUT2D eigenvalue weighted by Crippen LogP contribution is 2.31. The van der Waals surface area contributed by atoms with Gasteiger partial charge in [0.25, 0.3) is 0 Å². The Morgan fingerprint density at radius 1 is 0.600 bits per heavy atom. The standard InChI is InChI=1S/C13H7F5.C2H6/c1-6-2-4-7(5-3-6)8-9(14)11(16)13(18)12(17)10(8)15;1-2/h2-5H,1H3;1-2H3. The van der Waals surface area contributed by atoms with Gasteiger partial charge in [-0.15, -0.1) is 0 Å². The van der Waals surface area contributed by atoms with Crippen molar-refractivity contribution in [1.29, 1.82) is 0 Å². The summed E-state index contributed by atoms with van der Waals surface area (Å²) in [5, 5.41) is 0. The average Bonchev–Trinajstić information content (AvgIpc) is 2.47. The number of hydrogen-bond acceptors (Lipinski definition) is 0. The summed E-state index contributed by atoms with van der Waals surface area (Å²) in [6, 6.07) is 5.64. The predicted molar refractivity (Wildman–Crippen MR) is 67.8 cm³/mol. The second kappa shape index (κ2) is 6.50. The van der Waals surface area contributed by atoms with E-state index in [1.165, 1.54) is 24.3 Å². The number of benzene rings is 2. The molecule has 0 saturated carbocycles. The summed E-state index contributed by atoms with van der Waals surface area (Å²) in [4.78, 5) is 0. The molecule has 0 unspecified atom stereocenters. The van der Waals surface area contributed by atoms with Gasteiger partial charge in [-0.2, -0.15) is 0 Å². The summed E-state index contributed by atoms with van der Waals surface area (Å²) >= 11 is 0. The van der Waals surface area contributed by atoms with Crippen molar-refractivity contribution in [3.8, 4) is 11.1 Å². The molecule has 0 N–H and O–H groups in total. The normalized spacial score (nSPS) is 10.0. The Bertz CT molecular complexity index is 574. The highest BCUT2D eigenvalue weighted by molar-refractivity contribution is 5.65. The van der Waals surface area contributed by atoms with Crippen LogP contribution in [0.1, 0.15) is 19.4 Å². The molecule has 0 fully saturated rings. The van der Waals surface area contributed by atoms with Gasteiger partial charge in [-0.1, -0.05) is 43.7 Å². The number of hydrogen-bond donors (Lipinski definition) is 0. The molecule has 0 aliphatic rings. The summed E-state index contributed by atoms with van der Waals surface area (Å²) in [5.41, 5.74) is -0.164. The van der Waals surface area contributed by atoms with Crippen molar-refractivity contribution in [2.45, 2.75) is 20.8 Å². The lowest BCUT2D eigenvalue weighted by atomic mass is 10.0. The molecule has 0 heterocycles. The fourth-order valence-corrected chi connectivity index (χ4v) is 1.58. The third kappa shape index (κ3) is 2.81. The van der Waals surface area contributed by atoms with Crippen LogP contribution in [0.25, 0.3) is 11.1 Å². The Hall–Kier alpha value is -1.91. The van der Waals surface area contributed by atoms with E-state index < -0.39 is 34.6 Å². The topological polar surface area (TPSA) is 0 Å². The van der Waals surface area contributed by atoms with E-state index in [1.54, 1.807) is 6.92 Å². The lowest BCUT2D eigenvalue weighted by molar-refractivity contribution is 0.381. The minimum Gasteiger partial charge on any atom is -0.203 e. The molecule has 2 aromatic rings. The van der Waals surface area contributed by atoms with Gasteiger partial charge in [0.15, 0.2) is 23.3 Å². The molecule has 0 spiro atoms. The lowest BCUT2D eigenvalue weighted by Crippen LogP contribution is -2.03. The zero-order chi connectivity index (χ0) is 15.4. The van der Waals surface area contributed by atoms with Crippen LogP contribution in [0.5, 0.6) is 0 Å². The molecule has 0 atom stereocenters. The number of halogens is 5. The van der Waals surface area contributed by atoms with Crippen LogP contribution in [0.3, 0.4) is 0 Å². The minimum atomic E-state index is -2.15. The molecule has 108 valence electrons. The molecule has 0 saturated heterocycles. The van der Waals surface area contributed by atoms with E-state index in [9.17, 15) is 22.0 Å². The molecule has 2 aromatic carbocycles. The highest BCUT2D eigenvalue weighted by atomic mass is 19.2. The van der Waals surface area contributed by atoms with Crippen LogP contribution in [-0.2, 0) is 0 Å². The second-order valence-corrected chi connectivity index (χ2v) is 3.81. The van der Waals surface area contributed by atoms with Crippen molar-refractivity contribution in [1.82, 2.24) is 0 Å². The van der Waals surface area contributed by atoms with Crippen molar-refractivity contribution in [2.75, 3.05) is 0 Å². The van der Waals surface area contributed by atoms with Gasteiger partial charge in [0, 0.05) is 0 Å². The third-order valence-electron chi connectivity index (χ3n) is 2.55. The maximum atomic E-state index is 13.5. The molecule has 0 aliphatic heterocycles. The molecule has 20 heavy (non-hydrogen) atoms. The Morgan fingerprint density at radius 2 is 0.950 bits per heavy atom. The maximum Gasteiger partial charge on any atom is 0.200 e. The van der Waals surface area contributed by atoms with Crippen molar-refractivity contribution < 1.29 is 22.0 Å². The first-order valence-electron chi connectivity index (χ1n) is 6.02. The Balaban J connectivity index is 0.000000956. The van der Waals surface area contributed by atoms with Crippen molar-refractivity contribution >= 4 is 0 Å². The van der Waals surface area contributed by atoms with Gasteiger partial charge < -0.3 is 0 Å². The van der Waals surface area contributed by atoms with Gasteiger partial charge in [0.1, 0.15) is 0 Å². The number of aryl methyl sites for hydroxylation is 1. The number of rotatable bonds is 1. The van der Waals surface area contributed by atoms with Crippen molar-refractivity contribution in [2.24, 2.45) is 0 Å². The van der Waals surface area contributed by atoms with E-state index in [4.69, 9.17) is 0 Å². The quantitative estimate of drug-likeness (QED) is 0.375.